The minimum Gasteiger partial charge on any atom is -0.349 e. The van der Waals surface area contributed by atoms with E-state index in [2.05, 4.69) is 39.2 Å². The van der Waals surface area contributed by atoms with Gasteiger partial charge >= 0.3 is 0 Å². The van der Waals surface area contributed by atoms with E-state index in [-0.39, 0.29) is 16.2 Å². The van der Waals surface area contributed by atoms with Crippen LogP contribution in [0.25, 0.3) is 0 Å². The van der Waals surface area contributed by atoms with Gasteiger partial charge in [-0.05, 0) is 54.1 Å². The van der Waals surface area contributed by atoms with Crippen LogP contribution in [0.2, 0.25) is 0 Å². The normalized spacial score (nSPS) is 15.5. The van der Waals surface area contributed by atoms with Crippen molar-refractivity contribution in [1.29, 1.82) is 0 Å². The molecule has 1 fully saturated rings. The summed E-state index contributed by atoms with van der Waals surface area (Å²) in [5.41, 5.74) is 2.25. The predicted molar refractivity (Wildman–Crippen MR) is 124 cm³/mol. The Bertz CT molecular complexity index is 1090. The van der Waals surface area contributed by atoms with Gasteiger partial charge in [0, 0.05) is 36.9 Å². The molecule has 1 amide bonds. The summed E-state index contributed by atoms with van der Waals surface area (Å²) in [6.45, 7) is 2.83. The van der Waals surface area contributed by atoms with E-state index in [0.29, 0.717) is 11.3 Å². The van der Waals surface area contributed by atoms with Crippen LogP contribution in [0, 0.1) is 0 Å². The van der Waals surface area contributed by atoms with Crippen LogP contribution in [0.4, 0.5) is 5.69 Å². The Balaban J connectivity index is 1.27. The van der Waals surface area contributed by atoms with Crippen molar-refractivity contribution in [2.24, 2.45) is 0 Å². The molecule has 2 aromatic carbocycles. The molecule has 31 heavy (non-hydrogen) atoms. The van der Waals surface area contributed by atoms with Crippen molar-refractivity contribution in [3.8, 4) is 0 Å². The van der Waals surface area contributed by atoms with Gasteiger partial charge < -0.3 is 5.32 Å². The minimum atomic E-state index is -3.59. The topological polar surface area (TPSA) is 78.5 Å². The summed E-state index contributed by atoms with van der Waals surface area (Å²) in [4.78, 5) is 15.0. The second-order valence-electron chi connectivity index (χ2n) is 7.62. The SMILES string of the molecule is O=C(NC1CCN(Cc2ccccc2)CC1)c1ccc(NS(=O)(=O)c2cccs2)cc1. The maximum atomic E-state index is 12.6. The molecule has 0 saturated carbocycles. The van der Waals surface area contributed by atoms with Crippen molar-refractivity contribution in [1.82, 2.24) is 10.2 Å². The molecule has 2 heterocycles. The first kappa shape index (κ1) is 21.5. The number of carbonyl (C=O) groups is 1. The largest absolute Gasteiger partial charge is 0.349 e. The molecule has 1 aliphatic heterocycles. The number of thiophene rings is 1. The van der Waals surface area contributed by atoms with Crippen molar-refractivity contribution in [3.63, 3.8) is 0 Å². The van der Waals surface area contributed by atoms with E-state index in [9.17, 15) is 13.2 Å². The summed E-state index contributed by atoms with van der Waals surface area (Å²) in [6, 6.07) is 20.3. The zero-order chi connectivity index (χ0) is 21.7. The summed E-state index contributed by atoms with van der Waals surface area (Å²) in [5, 5.41) is 4.82. The van der Waals surface area contributed by atoms with Crippen LogP contribution in [-0.2, 0) is 16.6 Å². The van der Waals surface area contributed by atoms with Gasteiger partial charge in [-0.3, -0.25) is 14.4 Å². The number of amides is 1. The molecule has 6 nitrogen and oxygen atoms in total. The number of likely N-dealkylation sites (tertiary alicyclic amines) is 1. The molecular weight excluding hydrogens is 430 g/mol. The van der Waals surface area contributed by atoms with E-state index in [1.165, 1.54) is 5.56 Å². The number of nitrogens with one attached hydrogen (secondary N) is 2. The van der Waals surface area contributed by atoms with E-state index in [1.807, 2.05) is 6.07 Å². The zero-order valence-corrected chi connectivity index (χ0v) is 18.7. The maximum absolute atomic E-state index is 12.6. The van der Waals surface area contributed by atoms with Crippen molar-refractivity contribution in [3.05, 3.63) is 83.2 Å². The molecule has 0 atom stereocenters. The van der Waals surface area contributed by atoms with Gasteiger partial charge in [0.2, 0.25) is 0 Å². The Morgan fingerprint density at radius 2 is 1.68 bits per heavy atom. The Hall–Kier alpha value is -2.68. The maximum Gasteiger partial charge on any atom is 0.271 e. The molecule has 0 bridgehead atoms. The lowest BCUT2D eigenvalue weighted by atomic mass is 10.0. The van der Waals surface area contributed by atoms with Crippen molar-refractivity contribution < 1.29 is 13.2 Å². The summed E-state index contributed by atoms with van der Waals surface area (Å²) in [7, 11) is -3.59. The van der Waals surface area contributed by atoms with Crippen LogP contribution in [0.3, 0.4) is 0 Å². The van der Waals surface area contributed by atoms with Gasteiger partial charge in [-0.25, -0.2) is 8.42 Å². The molecule has 3 aromatic rings. The highest BCUT2D eigenvalue weighted by Gasteiger charge is 2.21. The molecule has 2 N–H and O–H groups in total. The third-order valence-electron chi connectivity index (χ3n) is 5.33. The lowest BCUT2D eigenvalue weighted by Crippen LogP contribution is -2.44. The Morgan fingerprint density at radius 3 is 2.32 bits per heavy atom. The molecule has 1 saturated heterocycles. The Morgan fingerprint density at radius 1 is 0.968 bits per heavy atom. The fourth-order valence-corrected chi connectivity index (χ4v) is 5.71. The van der Waals surface area contributed by atoms with Crippen molar-refractivity contribution in [2.75, 3.05) is 17.8 Å². The van der Waals surface area contributed by atoms with Gasteiger partial charge in [0.1, 0.15) is 4.21 Å². The molecule has 1 aromatic heterocycles. The van der Waals surface area contributed by atoms with Gasteiger partial charge in [-0.15, -0.1) is 11.3 Å². The van der Waals surface area contributed by atoms with Crippen LogP contribution < -0.4 is 10.0 Å². The predicted octanol–water partition coefficient (Wildman–Crippen LogP) is 3.94. The number of benzene rings is 2. The lowest BCUT2D eigenvalue weighted by Gasteiger charge is -2.32. The standard InChI is InChI=1S/C23H25N3O3S2/c27-23(24-20-12-14-26(15-13-20)17-18-5-2-1-3-6-18)19-8-10-21(11-9-19)25-31(28,29)22-7-4-16-30-22/h1-11,16,20,25H,12-15,17H2,(H,24,27). The van der Waals surface area contributed by atoms with Gasteiger partial charge in [0.25, 0.3) is 15.9 Å². The van der Waals surface area contributed by atoms with E-state index in [0.717, 1.165) is 43.8 Å². The van der Waals surface area contributed by atoms with E-state index in [1.54, 1.807) is 41.8 Å². The quantitative estimate of drug-likeness (QED) is 0.566. The van der Waals surface area contributed by atoms with Gasteiger partial charge in [-0.2, -0.15) is 0 Å². The van der Waals surface area contributed by atoms with Crippen LogP contribution in [0.15, 0.2) is 76.3 Å². The first-order valence-electron chi connectivity index (χ1n) is 10.2. The van der Waals surface area contributed by atoms with E-state index < -0.39 is 10.0 Å². The fourth-order valence-electron chi connectivity index (χ4n) is 3.66. The summed E-state index contributed by atoms with van der Waals surface area (Å²) in [6.07, 6.45) is 1.83. The molecule has 162 valence electrons. The second kappa shape index (κ2) is 9.64. The first-order valence-corrected chi connectivity index (χ1v) is 12.6. The van der Waals surface area contributed by atoms with Gasteiger partial charge in [0.15, 0.2) is 0 Å². The highest BCUT2D eigenvalue weighted by molar-refractivity contribution is 7.94. The molecule has 4 rings (SSSR count). The van der Waals surface area contributed by atoms with Gasteiger partial charge in [-0.1, -0.05) is 36.4 Å². The summed E-state index contributed by atoms with van der Waals surface area (Å²) < 4.78 is 27.4. The van der Waals surface area contributed by atoms with E-state index >= 15 is 0 Å². The number of anilines is 1. The number of nitrogens with zero attached hydrogens (tertiary/aromatic N) is 1. The second-order valence-corrected chi connectivity index (χ2v) is 10.5. The third kappa shape index (κ3) is 5.72. The number of carbonyl (C=O) groups excluding carboxylic acids is 1. The number of rotatable bonds is 7. The van der Waals surface area contributed by atoms with Crippen molar-refractivity contribution in [2.45, 2.75) is 29.6 Å². The Labute approximate surface area is 187 Å². The molecule has 0 aliphatic carbocycles. The van der Waals surface area contributed by atoms with Crippen LogP contribution >= 0.6 is 11.3 Å². The summed E-state index contributed by atoms with van der Waals surface area (Å²) in [5.74, 6) is -0.130. The van der Waals surface area contributed by atoms with Crippen molar-refractivity contribution >= 4 is 33.0 Å². The fraction of sp³-hybridized carbons (Fsp3) is 0.261. The monoisotopic (exact) mass is 455 g/mol. The lowest BCUT2D eigenvalue weighted by molar-refractivity contribution is 0.0909. The van der Waals surface area contributed by atoms with E-state index in [4.69, 9.17) is 0 Å². The first-order chi connectivity index (χ1) is 15.0. The number of hydrogen-bond acceptors (Lipinski definition) is 5. The zero-order valence-electron chi connectivity index (χ0n) is 17.0. The molecule has 8 heteroatoms. The number of piperidine rings is 1. The Kier molecular flexibility index (Phi) is 6.70. The highest BCUT2D eigenvalue weighted by atomic mass is 32.2. The molecule has 0 radical (unpaired) electrons. The number of hydrogen-bond donors (Lipinski definition) is 2. The molecule has 1 aliphatic rings. The summed E-state index contributed by atoms with van der Waals surface area (Å²) >= 11 is 1.16. The van der Waals surface area contributed by atoms with Gasteiger partial charge in [0.05, 0.1) is 0 Å². The highest BCUT2D eigenvalue weighted by Crippen LogP contribution is 2.21. The average molecular weight is 456 g/mol. The smallest absolute Gasteiger partial charge is 0.271 e. The molecule has 0 spiro atoms. The van der Waals surface area contributed by atoms with Crippen LogP contribution in [0.5, 0.6) is 0 Å². The third-order valence-corrected chi connectivity index (χ3v) is 8.11. The number of sulfonamides is 1. The van der Waals surface area contributed by atoms with Crippen LogP contribution in [-0.4, -0.2) is 38.4 Å². The average Bonchev–Trinajstić information content (AvgIpc) is 3.32. The molecule has 0 unspecified atom stereocenters. The van der Waals surface area contributed by atoms with Crippen LogP contribution in [0.1, 0.15) is 28.8 Å². The molecular formula is C23H25N3O3S2. The minimum absolute atomic E-state index is 0.130.